The molecule has 3 aromatic carbocycles. The van der Waals surface area contributed by atoms with Crippen LogP contribution in [0.25, 0.3) is 0 Å². The molecule has 0 saturated heterocycles. The zero-order valence-electron chi connectivity index (χ0n) is 16.2. The van der Waals surface area contributed by atoms with Gasteiger partial charge in [0, 0.05) is 22.7 Å². The number of benzene rings is 3. The van der Waals surface area contributed by atoms with Crippen molar-refractivity contribution in [3.05, 3.63) is 94.8 Å². The topological polar surface area (TPSA) is 41.5 Å². The Morgan fingerprint density at radius 2 is 1.70 bits per heavy atom. The normalized spacial score (nSPS) is 22.9. The van der Waals surface area contributed by atoms with Gasteiger partial charge in [0.1, 0.15) is 11.6 Å². The molecule has 2 aliphatic rings. The average molecular weight is 419 g/mol. The summed E-state index contributed by atoms with van der Waals surface area (Å²) in [6.45, 7) is 0. The molecule has 1 fully saturated rings. The molecule has 3 atom stereocenters. The van der Waals surface area contributed by atoms with Crippen molar-refractivity contribution in [2.75, 3.05) is 5.32 Å². The number of ketones is 1. The van der Waals surface area contributed by atoms with Crippen molar-refractivity contribution in [3.8, 4) is 0 Å². The van der Waals surface area contributed by atoms with Crippen LogP contribution >= 0.6 is 11.6 Å². The summed E-state index contributed by atoms with van der Waals surface area (Å²) in [4.78, 5) is 18.3. The number of rotatable bonds is 2. The lowest BCUT2D eigenvalue weighted by molar-refractivity contribution is -0.122. The fourth-order valence-corrected chi connectivity index (χ4v) is 4.89. The van der Waals surface area contributed by atoms with Gasteiger partial charge in [0.15, 0.2) is 0 Å². The highest BCUT2D eigenvalue weighted by atomic mass is 35.5. The van der Waals surface area contributed by atoms with Crippen LogP contribution in [0.1, 0.15) is 35.9 Å². The van der Waals surface area contributed by atoms with Crippen LogP contribution in [0.3, 0.4) is 0 Å². The van der Waals surface area contributed by atoms with Gasteiger partial charge in [0.25, 0.3) is 0 Å². The van der Waals surface area contributed by atoms with Gasteiger partial charge in [0.2, 0.25) is 0 Å². The third kappa shape index (κ3) is 3.31. The summed E-state index contributed by atoms with van der Waals surface area (Å²) in [7, 11) is 0. The number of nitrogens with zero attached hydrogens (tertiary/aromatic N) is 1. The summed E-state index contributed by atoms with van der Waals surface area (Å²) in [6.07, 6.45) is 1.05. The molecule has 1 aliphatic heterocycles. The second-order valence-corrected chi connectivity index (χ2v) is 8.24. The quantitative estimate of drug-likeness (QED) is 0.517. The Balaban J connectivity index is 1.64. The van der Waals surface area contributed by atoms with Crippen molar-refractivity contribution in [2.24, 2.45) is 10.9 Å². The summed E-state index contributed by atoms with van der Waals surface area (Å²) in [5, 5.41) is 3.69. The van der Waals surface area contributed by atoms with Gasteiger partial charge >= 0.3 is 0 Å². The third-order valence-corrected chi connectivity index (χ3v) is 6.33. The zero-order valence-corrected chi connectivity index (χ0v) is 16.9. The van der Waals surface area contributed by atoms with E-state index in [0.29, 0.717) is 23.4 Å². The number of aliphatic imine (C=N–C) groups is 1. The van der Waals surface area contributed by atoms with Crippen LogP contribution in [0.4, 0.5) is 15.8 Å². The van der Waals surface area contributed by atoms with Crippen molar-refractivity contribution in [2.45, 2.75) is 24.8 Å². The maximum Gasteiger partial charge on any atom is 0.144 e. The molecule has 1 N–H and O–H groups in total. The van der Waals surface area contributed by atoms with E-state index >= 15 is 0 Å². The lowest BCUT2D eigenvalue weighted by atomic mass is 9.72. The standard InChI is InChI=1S/C25H20ClFN2O/c26-17-9-6-10-18(27)23(17)25-24-21(28-19-11-4-5-12-20(19)29-25)13-16(14-22(24)30)15-7-2-1-3-8-15/h1-12,16,24-25,29H,13-14H2/t16-,24?,25+/m0/s1. The van der Waals surface area contributed by atoms with Crippen molar-refractivity contribution in [1.82, 2.24) is 0 Å². The highest BCUT2D eigenvalue weighted by Crippen LogP contribution is 2.45. The number of hydrogen-bond donors (Lipinski definition) is 1. The van der Waals surface area contributed by atoms with Gasteiger partial charge in [-0.2, -0.15) is 0 Å². The summed E-state index contributed by atoms with van der Waals surface area (Å²) in [5.74, 6) is -0.863. The molecule has 1 aliphatic carbocycles. The SMILES string of the molecule is O=C1C[C@@H](c2ccccc2)CC2=Nc3ccccc3N[C@H](c3c(F)cccc3Cl)C12. The molecule has 0 aromatic heterocycles. The Bertz CT molecular complexity index is 1120. The van der Waals surface area contributed by atoms with Crippen LogP contribution in [0.15, 0.2) is 77.8 Å². The molecule has 0 radical (unpaired) electrons. The molecule has 150 valence electrons. The summed E-state index contributed by atoms with van der Waals surface area (Å²) in [5.41, 5.74) is 3.75. The molecular formula is C25H20ClFN2O. The molecule has 0 spiro atoms. The first kappa shape index (κ1) is 19.0. The van der Waals surface area contributed by atoms with Gasteiger partial charge < -0.3 is 5.32 Å². The van der Waals surface area contributed by atoms with E-state index in [1.807, 2.05) is 54.6 Å². The van der Waals surface area contributed by atoms with Gasteiger partial charge in [-0.1, -0.05) is 60.1 Å². The second kappa shape index (κ2) is 7.69. The van der Waals surface area contributed by atoms with E-state index in [1.165, 1.54) is 6.07 Å². The molecular weight excluding hydrogens is 399 g/mol. The van der Waals surface area contributed by atoms with Crippen molar-refractivity contribution < 1.29 is 9.18 Å². The van der Waals surface area contributed by atoms with Crippen LogP contribution in [-0.4, -0.2) is 11.5 Å². The van der Waals surface area contributed by atoms with E-state index in [4.69, 9.17) is 16.6 Å². The monoisotopic (exact) mass is 418 g/mol. The van der Waals surface area contributed by atoms with E-state index in [-0.39, 0.29) is 11.7 Å². The van der Waals surface area contributed by atoms with Crippen LogP contribution in [0.2, 0.25) is 5.02 Å². The fraction of sp³-hybridized carbons (Fsp3) is 0.200. The van der Waals surface area contributed by atoms with Gasteiger partial charge in [-0.25, -0.2) is 4.39 Å². The van der Waals surface area contributed by atoms with E-state index in [9.17, 15) is 9.18 Å². The fourth-order valence-electron chi connectivity index (χ4n) is 4.61. The smallest absolute Gasteiger partial charge is 0.144 e. The lowest BCUT2D eigenvalue weighted by Gasteiger charge is -2.34. The molecule has 3 nitrogen and oxygen atoms in total. The highest BCUT2D eigenvalue weighted by Gasteiger charge is 2.43. The number of hydrogen-bond acceptors (Lipinski definition) is 3. The number of anilines is 1. The van der Waals surface area contributed by atoms with Crippen LogP contribution < -0.4 is 5.32 Å². The summed E-state index contributed by atoms with van der Waals surface area (Å²) >= 11 is 6.42. The number of carbonyl (C=O) groups is 1. The Hall–Kier alpha value is -2.98. The van der Waals surface area contributed by atoms with Gasteiger partial charge in [-0.15, -0.1) is 0 Å². The predicted octanol–water partition coefficient (Wildman–Crippen LogP) is 6.48. The van der Waals surface area contributed by atoms with Crippen LogP contribution in [-0.2, 0) is 4.79 Å². The van der Waals surface area contributed by atoms with E-state index < -0.39 is 17.8 Å². The van der Waals surface area contributed by atoms with Crippen LogP contribution in [0.5, 0.6) is 0 Å². The Kier molecular flexibility index (Phi) is 4.87. The van der Waals surface area contributed by atoms with Gasteiger partial charge in [-0.3, -0.25) is 9.79 Å². The minimum Gasteiger partial charge on any atom is -0.375 e. The first-order chi connectivity index (χ1) is 14.6. The van der Waals surface area contributed by atoms with Crippen molar-refractivity contribution in [3.63, 3.8) is 0 Å². The Morgan fingerprint density at radius 1 is 0.933 bits per heavy atom. The van der Waals surface area contributed by atoms with Crippen molar-refractivity contribution >= 4 is 34.5 Å². The van der Waals surface area contributed by atoms with Gasteiger partial charge in [-0.05, 0) is 42.2 Å². The minimum atomic E-state index is -0.606. The maximum absolute atomic E-state index is 14.9. The lowest BCUT2D eigenvalue weighted by Crippen LogP contribution is -2.39. The number of para-hydroxylation sites is 2. The zero-order chi connectivity index (χ0) is 20.7. The number of nitrogens with one attached hydrogen (secondary N) is 1. The predicted molar refractivity (Wildman–Crippen MR) is 118 cm³/mol. The number of halogens is 2. The largest absolute Gasteiger partial charge is 0.375 e. The summed E-state index contributed by atoms with van der Waals surface area (Å²) < 4.78 is 14.9. The molecule has 1 saturated carbocycles. The second-order valence-electron chi connectivity index (χ2n) is 7.84. The molecule has 0 amide bonds. The van der Waals surface area contributed by atoms with Crippen molar-refractivity contribution in [1.29, 1.82) is 0 Å². The maximum atomic E-state index is 14.9. The summed E-state index contributed by atoms with van der Waals surface area (Å²) in [6, 6.07) is 21.7. The Morgan fingerprint density at radius 3 is 2.50 bits per heavy atom. The molecule has 3 aromatic rings. The van der Waals surface area contributed by atoms with E-state index in [0.717, 1.165) is 22.6 Å². The van der Waals surface area contributed by atoms with Gasteiger partial charge in [0.05, 0.1) is 23.3 Å². The van der Waals surface area contributed by atoms with E-state index in [2.05, 4.69) is 5.32 Å². The first-order valence-electron chi connectivity index (χ1n) is 10.1. The van der Waals surface area contributed by atoms with E-state index in [1.54, 1.807) is 12.1 Å². The molecule has 30 heavy (non-hydrogen) atoms. The number of fused-ring (bicyclic) bond motifs is 2. The minimum absolute atomic E-state index is 0.0541. The molecule has 1 unspecified atom stereocenters. The van der Waals surface area contributed by atoms with Crippen LogP contribution in [0, 0.1) is 11.7 Å². The first-order valence-corrected chi connectivity index (χ1v) is 10.4. The average Bonchev–Trinajstić information content (AvgIpc) is 2.91. The Labute approximate surface area is 179 Å². The number of Topliss-reactive ketones (excluding diaryl/α,β-unsaturated/α-hetero) is 1. The molecule has 5 rings (SSSR count). The molecule has 1 heterocycles. The highest BCUT2D eigenvalue weighted by molar-refractivity contribution is 6.31. The third-order valence-electron chi connectivity index (χ3n) is 6.00. The molecule has 0 bridgehead atoms. The number of carbonyl (C=O) groups excluding carboxylic acids is 1. The molecule has 5 heteroatoms.